The molecule has 0 fully saturated rings. The predicted octanol–water partition coefficient (Wildman–Crippen LogP) is 1.72. The molecule has 0 saturated heterocycles. The second-order valence-corrected chi connectivity index (χ2v) is 6.20. The van der Waals surface area contributed by atoms with Gasteiger partial charge in [-0.2, -0.15) is 0 Å². The normalized spacial score (nSPS) is 12.5. The molecule has 0 heterocycles. The molecule has 1 unspecified atom stereocenters. The molecule has 124 valence electrons. The van der Waals surface area contributed by atoms with Crippen LogP contribution < -0.4 is 5.32 Å². The summed E-state index contributed by atoms with van der Waals surface area (Å²) in [6.45, 7) is 8.70. The van der Waals surface area contributed by atoms with Gasteiger partial charge in [-0.05, 0) is 25.9 Å². The third-order valence-electron chi connectivity index (χ3n) is 3.27. The van der Waals surface area contributed by atoms with Gasteiger partial charge in [0.05, 0.1) is 0 Å². The van der Waals surface area contributed by atoms with E-state index >= 15 is 0 Å². The van der Waals surface area contributed by atoms with E-state index in [0.717, 1.165) is 13.0 Å². The van der Waals surface area contributed by atoms with Crippen LogP contribution in [0.2, 0.25) is 0 Å². The number of carbonyl (C=O) groups is 2. The van der Waals surface area contributed by atoms with E-state index in [0.29, 0.717) is 25.6 Å². The van der Waals surface area contributed by atoms with Crippen LogP contribution in [-0.4, -0.2) is 67.2 Å². The summed E-state index contributed by atoms with van der Waals surface area (Å²) in [5, 5.41) is 11.7. The van der Waals surface area contributed by atoms with Crippen LogP contribution >= 0.6 is 0 Å². The highest BCUT2D eigenvalue weighted by Crippen LogP contribution is 2.07. The summed E-state index contributed by atoms with van der Waals surface area (Å²) >= 11 is 0. The first kappa shape index (κ1) is 19.7. The zero-order valence-corrected chi connectivity index (χ0v) is 14.1. The molecule has 2 N–H and O–H groups in total. The number of nitrogens with one attached hydrogen (secondary N) is 1. The van der Waals surface area contributed by atoms with Crippen LogP contribution in [0.15, 0.2) is 0 Å². The number of urea groups is 1. The fourth-order valence-electron chi connectivity index (χ4n) is 1.99. The number of carboxylic acid groups (broad SMARTS) is 1. The predicted molar refractivity (Wildman–Crippen MR) is 84.4 cm³/mol. The first-order valence-electron chi connectivity index (χ1n) is 7.65. The Hall–Kier alpha value is -1.30. The minimum atomic E-state index is -0.817. The van der Waals surface area contributed by atoms with Gasteiger partial charge in [-0.3, -0.25) is 4.79 Å². The van der Waals surface area contributed by atoms with Crippen molar-refractivity contribution in [3.63, 3.8) is 0 Å². The molecule has 0 aromatic carbocycles. The third-order valence-corrected chi connectivity index (χ3v) is 3.27. The van der Waals surface area contributed by atoms with E-state index in [1.54, 1.807) is 4.90 Å². The van der Waals surface area contributed by atoms with Crippen molar-refractivity contribution >= 4 is 12.0 Å². The Morgan fingerprint density at radius 3 is 2.24 bits per heavy atom. The van der Waals surface area contributed by atoms with E-state index in [-0.39, 0.29) is 18.4 Å². The van der Waals surface area contributed by atoms with Crippen LogP contribution in [0.3, 0.4) is 0 Å². The maximum Gasteiger partial charge on any atom is 0.317 e. The first-order chi connectivity index (χ1) is 9.76. The molecule has 1 atom stereocenters. The van der Waals surface area contributed by atoms with E-state index in [2.05, 4.69) is 19.2 Å². The van der Waals surface area contributed by atoms with Crippen molar-refractivity contribution in [2.45, 2.75) is 33.6 Å². The molecule has 0 bridgehead atoms. The van der Waals surface area contributed by atoms with Gasteiger partial charge in [0, 0.05) is 32.6 Å². The van der Waals surface area contributed by atoms with Gasteiger partial charge in [-0.15, -0.1) is 0 Å². The van der Waals surface area contributed by atoms with Gasteiger partial charge < -0.3 is 20.2 Å². The van der Waals surface area contributed by atoms with Gasteiger partial charge in [-0.25, -0.2) is 4.79 Å². The molecule has 0 aromatic heterocycles. The average molecular weight is 301 g/mol. The summed E-state index contributed by atoms with van der Waals surface area (Å²) in [7, 11) is 3.96. The number of nitrogens with zero attached hydrogens (tertiary/aromatic N) is 2. The van der Waals surface area contributed by atoms with Gasteiger partial charge in [0.2, 0.25) is 0 Å². The average Bonchev–Trinajstić information content (AvgIpc) is 2.37. The number of carboxylic acids is 1. The molecule has 0 aromatic rings. The number of hydrogen-bond acceptors (Lipinski definition) is 3. The van der Waals surface area contributed by atoms with Crippen LogP contribution in [0, 0.1) is 11.8 Å². The van der Waals surface area contributed by atoms with Gasteiger partial charge in [0.1, 0.15) is 0 Å². The Balaban J connectivity index is 4.40. The lowest BCUT2D eigenvalue weighted by molar-refractivity contribution is -0.138. The quantitative estimate of drug-likeness (QED) is 0.644. The fraction of sp³-hybridized carbons (Fsp3) is 0.867. The van der Waals surface area contributed by atoms with Crippen LogP contribution in [0.25, 0.3) is 0 Å². The Kier molecular flexibility index (Phi) is 9.78. The number of aliphatic carboxylic acids is 1. The molecule has 2 amide bonds. The SMILES string of the molecule is CCC(CNC(=O)N(CCN(C)C)CC(C)C)CC(=O)O. The molecule has 0 radical (unpaired) electrons. The van der Waals surface area contributed by atoms with Crippen molar-refractivity contribution < 1.29 is 14.7 Å². The van der Waals surface area contributed by atoms with Crippen LogP contribution in [0.1, 0.15) is 33.6 Å². The molecule has 0 aliphatic carbocycles. The minimum absolute atomic E-state index is 0.0128. The molecule has 0 saturated carbocycles. The second-order valence-electron chi connectivity index (χ2n) is 6.20. The topological polar surface area (TPSA) is 72.9 Å². The number of likely N-dealkylation sites (N-methyl/N-ethyl adjacent to an activating group) is 1. The van der Waals surface area contributed by atoms with Crippen LogP contribution in [-0.2, 0) is 4.79 Å². The van der Waals surface area contributed by atoms with E-state index in [4.69, 9.17) is 5.11 Å². The lowest BCUT2D eigenvalue weighted by atomic mass is 10.0. The molecular formula is C15H31N3O3. The number of amides is 2. The van der Waals surface area contributed by atoms with Crippen LogP contribution in [0.4, 0.5) is 4.79 Å². The Morgan fingerprint density at radius 1 is 1.19 bits per heavy atom. The van der Waals surface area contributed by atoms with Crippen molar-refractivity contribution in [2.24, 2.45) is 11.8 Å². The van der Waals surface area contributed by atoms with E-state index in [1.807, 2.05) is 25.9 Å². The zero-order valence-electron chi connectivity index (χ0n) is 14.1. The third kappa shape index (κ3) is 10.1. The first-order valence-corrected chi connectivity index (χ1v) is 7.65. The Bertz CT molecular complexity index is 319. The molecular weight excluding hydrogens is 270 g/mol. The lowest BCUT2D eigenvalue weighted by Crippen LogP contribution is -2.46. The van der Waals surface area contributed by atoms with Crippen molar-refractivity contribution in [3.05, 3.63) is 0 Å². The van der Waals surface area contributed by atoms with Crippen molar-refractivity contribution in [1.82, 2.24) is 15.1 Å². The van der Waals surface area contributed by atoms with E-state index < -0.39 is 5.97 Å². The lowest BCUT2D eigenvalue weighted by Gasteiger charge is -2.27. The van der Waals surface area contributed by atoms with Crippen molar-refractivity contribution in [2.75, 3.05) is 40.3 Å². The molecule has 0 rings (SSSR count). The second kappa shape index (κ2) is 10.4. The number of hydrogen-bond donors (Lipinski definition) is 2. The maximum atomic E-state index is 12.2. The van der Waals surface area contributed by atoms with E-state index in [1.165, 1.54) is 0 Å². The highest BCUT2D eigenvalue weighted by molar-refractivity contribution is 5.74. The molecule has 0 spiro atoms. The Morgan fingerprint density at radius 2 is 1.81 bits per heavy atom. The summed E-state index contributed by atoms with van der Waals surface area (Å²) in [5.41, 5.74) is 0. The Labute approximate surface area is 128 Å². The summed E-state index contributed by atoms with van der Waals surface area (Å²) < 4.78 is 0. The summed E-state index contributed by atoms with van der Waals surface area (Å²) in [5.74, 6) is -0.428. The van der Waals surface area contributed by atoms with Crippen molar-refractivity contribution in [1.29, 1.82) is 0 Å². The van der Waals surface area contributed by atoms with Gasteiger partial charge >= 0.3 is 12.0 Å². The zero-order chi connectivity index (χ0) is 16.4. The minimum Gasteiger partial charge on any atom is -0.481 e. The highest BCUT2D eigenvalue weighted by atomic mass is 16.4. The fourth-order valence-corrected chi connectivity index (χ4v) is 1.99. The van der Waals surface area contributed by atoms with Crippen LogP contribution in [0.5, 0.6) is 0 Å². The highest BCUT2D eigenvalue weighted by Gasteiger charge is 2.17. The van der Waals surface area contributed by atoms with Gasteiger partial charge in [0.25, 0.3) is 0 Å². The maximum absolute atomic E-state index is 12.2. The molecule has 6 heteroatoms. The molecule has 6 nitrogen and oxygen atoms in total. The number of carbonyl (C=O) groups excluding carboxylic acids is 1. The van der Waals surface area contributed by atoms with Gasteiger partial charge in [-0.1, -0.05) is 27.2 Å². The molecule has 0 aliphatic heterocycles. The smallest absolute Gasteiger partial charge is 0.317 e. The standard InChI is InChI=1S/C15H31N3O3/c1-6-13(9-14(19)20)10-16-15(21)18(11-12(2)3)8-7-17(4)5/h12-13H,6-11H2,1-5H3,(H,16,21)(H,19,20). The van der Waals surface area contributed by atoms with E-state index in [9.17, 15) is 9.59 Å². The molecule has 0 aliphatic rings. The molecule has 21 heavy (non-hydrogen) atoms. The summed E-state index contributed by atoms with van der Waals surface area (Å²) in [4.78, 5) is 26.8. The monoisotopic (exact) mass is 301 g/mol. The largest absolute Gasteiger partial charge is 0.481 e. The summed E-state index contributed by atoms with van der Waals surface area (Å²) in [6.07, 6.45) is 0.840. The van der Waals surface area contributed by atoms with Gasteiger partial charge in [0.15, 0.2) is 0 Å². The summed E-state index contributed by atoms with van der Waals surface area (Å²) in [6, 6.07) is -0.102. The number of rotatable bonds is 10. The van der Waals surface area contributed by atoms with Crippen molar-refractivity contribution in [3.8, 4) is 0 Å².